The van der Waals surface area contributed by atoms with Crippen LogP contribution in [0.2, 0.25) is 0 Å². The fourth-order valence-electron chi connectivity index (χ4n) is 7.79. The van der Waals surface area contributed by atoms with E-state index in [9.17, 15) is 33.2 Å². The Morgan fingerprint density at radius 1 is 1.02 bits per heavy atom. The number of hydroxylamine groups is 1. The number of fused-ring (bicyclic) bond motifs is 2. The van der Waals surface area contributed by atoms with Crippen molar-refractivity contribution in [3.8, 4) is 0 Å². The first-order valence-corrected chi connectivity index (χ1v) is 18.3. The number of ether oxygens (including phenoxy) is 4. The molecule has 0 aromatic heterocycles. The summed E-state index contributed by atoms with van der Waals surface area (Å²) in [7, 11) is -2.95. The minimum Gasteiger partial charge on any atom is -0.461 e. The van der Waals surface area contributed by atoms with E-state index in [2.05, 4.69) is 6.92 Å². The highest BCUT2D eigenvalue weighted by molar-refractivity contribution is 7.89. The van der Waals surface area contributed by atoms with Crippen molar-refractivity contribution in [2.24, 2.45) is 28.1 Å². The second-order valence-electron chi connectivity index (χ2n) is 15.8. The Bertz CT molecular complexity index is 1470. The lowest BCUT2D eigenvalue weighted by Crippen LogP contribution is -2.62. The number of aliphatic hydroxyl groups excluding tert-OH is 1. The first kappa shape index (κ1) is 39.1. The number of nitrogens with zero attached hydrogens (tertiary/aromatic N) is 2. The van der Waals surface area contributed by atoms with Gasteiger partial charge in [0.2, 0.25) is 0 Å². The van der Waals surface area contributed by atoms with Crippen LogP contribution in [0.4, 0.5) is 5.69 Å². The highest BCUT2D eigenvalue weighted by Crippen LogP contribution is 2.67. The van der Waals surface area contributed by atoms with Crippen molar-refractivity contribution in [1.29, 1.82) is 0 Å². The minimum absolute atomic E-state index is 0.153. The lowest BCUT2D eigenvalue weighted by Gasteiger charge is -2.55. The van der Waals surface area contributed by atoms with E-state index in [0.29, 0.717) is 19.3 Å². The van der Waals surface area contributed by atoms with E-state index in [1.165, 1.54) is 7.11 Å². The summed E-state index contributed by atoms with van der Waals surface area (Å²) in [5, 5.41) is 22.0. The lowest BCUT2D eigenvalue weighted by molar-refractivity contribution is -0.384. The number of hydrogen-bond donors (Lipinski definition) is 1. The van der Waals surface area contributed by atoms with Crippen LogP contribution in [-0.2, 0) is 43.4 Å². The van der Waals surface area contributed by atoms with Crippen LogP contribution >= 0.6 is 0 Å². The summed E-state index contributed by atoms with van der Waals surface area (Å²) in [6.45, 7) is 12.2. The summed E-state index contributed by atoms with van der Waals surface area (Å²) in [5.41, 5.74) is -4.05. The van der Waals surface area contributed by atoms with Gasteiger partial charge >= 0.3 is 11.9 Å². The molecule has 1 aromatic rings. The van der Waals surface area contributed by atoms with E-state index >= 15 is 0 Å². The lowest BCUT2D eigenvalue weighted by atomic mass is 9.55. The van der Waals surface area contributed by atoms with Gasteiger partial charge in [-0.25, -0.2) is 8.42 Å². The zero-order chi connectivity index (χ0) is 36.6. The molecule has 2 aliphatic carbocycles. The van der Waals surface area contributed by atoms with E-state index in [0.717, 1.165) is 35.2 Å². The Morgan fingerprint density at radius 3 is 2.12 bits per heavy atom. The molecule has 1 N–H and O–H groups in total. The van der Waals surface area contributed by atoms with Crippen molar-refractivity contribution in [2.45, 2.75) is 122 Å². The van der Waals surface area contributed by atoms with Crippen LogP contribution in [0, 0.1) is 38.2 Å². The van der Waals surface area contributed by atoms with Crippen LogP contribution in [0.1, 0.15) is 93.4 Å². The summed E-state index contributed by atoms with van der Waals surface area (Å²) < 4.78 is 52.4. The minimum atomic E-state index is -4.30. The fourth-order valence-corrected chi connectivity index (χ4v) is 9.06. The average molecular weight is 713 g/mol. The predicted octanol–water partition coefficient (Wildman–Crippen LogP) is 5.12. The molecular weight excluding hydrogens is 660 g/mol. The summed E-state index contributed by atoms with van der Waals surface area (Å²) in [5.74, 6) is -0.822. The number of carbonyl (C=O) groups excluding carboxylic acids is 2. The summed E-state index contributed by atoms with van der Waals surface area (Å²) in [4.78, 5) is 42.8. The summed E-state index contributed by atoms with van der Waals surface area (Å²) in [6.07, 6.45) is 0.201. The predicted molar refractivity (Wildman–Crippen MR) is 176 cm³/mol. The van der Waals surface area contributed by atoms with Crippen LogP contribution in [0.3, 0.4) is 0 Å². The Balaban J connectivity index is 1.76. The first-order valence-electron chi connectivity index (χ1n) is 16.9. The molecule has 1 aromatic carbocycles. The van der Waals surface area contributed by atoms with E-state index < -0.39 is 67.2 Å². The molecule has 14 nitrogen and oxygen atoms in total. The SMILES string of the molecule is COCON(CCCC12C(CC(C)CC1OC(=O)C(C)(C)C)C[C@@H](OC(=O)C(C)(C)C)[C@@]21CCC(O)O1)S(=O)(=O)c1ccc([N+](=O)[O-])cc1. The smallest absolute Gasteiger partial charge is 0.311 e. The average Bonchev–Trinajstić information content (AvgIpc) is 3.51. The van der Waals surface area contributed by atoms with E-state index in [1.807, 2.05) is 0 Å². The summed E-state index contributed by atoms with van der Waals surface area (Å²) >= 11 is 0. The van der Waals surface area contributed by atoms with Crippen molar-refractivity contribution in [3.05, 3.63) is 34.4 Å². The quantitative estimate of drug-likeness (QED) is 0.131. The van der Waals surface area contributed by atoms with Gasteiger partial charge in [-0.15, -0.1) is 0 Å². The third-order valence-corrected chi connectivity index (χ3v) is 11.8. The molecule has 0 bridgehead atoms. The van der Waals surface area contributed by atoms with Gasteiger partial charge in [0.05, 0.1) is 20.6 Å². The number of rotatable bonds is 12. The van der Waals surface area contributed by atoms with Gasteiger partial charge < -0.3 is 24.1 Å². The van der Waals surface area contributed by atoms with Crippen LogP contribution < -0.4 is 0 Å². The normalized spacial score (nSPS) is 30.4. The largest absolute Gasteiger partial charge is 0.461 e. The molecule has 15 heteroatoms. The van der Waals surface area contributed by atoms with E-state index in [4.69, 9.17) is 23.8 Å². The van der Waals surface area contributed by atoms with Crippen molar-refractivity contribution >= 4 is 27.6 Å². The van der Waals surface area contributed by atoms with Gasteiger partial charge in [-0.2, -0.15) is 0 Å². The van der Waals surface area contributed by atoms with Crippen LogP contribution in [-0.4, -0.2) is 79.4 Å². The zero-order valence-corrected chi connectivity index (χ0v) is 30.6. The first-order chi connectivity index (χ1) is 22.7. The molecule has 0 amide bonds. The molecule has 1 aliphatic heterocycles. The molecule has 3 fully saturated rings. The van der Waals surface area contributed by atoms with Crippen LogP contribution in [0.5, 0.6) is 0 Å². The van der Waals surface area contributed by atoms with Gasteiger partial charge in [-0.05, 0) is 104 Å². The van der Waals surface area contributed by atoms with Crippen molar-refractivity contribution in [1.82, 2.24) is 4.47 Å². The monoisotopic (exact) mass is 712 g/mol. The fraction of sp³-hybridized carbons (Fsp3) is 0.765. The maximum Gasteiger partial charge on any atom is 0.311 e. The number of hydrogen-bond acceptors (Lipinski definition) is 12. The number of methoxy groups -OCH3 is 1. The molecule has 1 heterocycles. The Hall–Kier alpha value is -2.69. The molecule has 7 atom stereocenters. The molecular formula is C34H52N2O12S. The number of nitro groups is 1. The summed E-state index contributed by atoms with van der Waals surface area (Å²) in [6, 6.07) is 4.49. The van der Waals surface area contributed by atoms with Gasteiger partial charge in [0.1, 0.15) is 17.8 Å². The number of nitro benzene ring substituents is 1. The number of esters is 2. The number of carbonyl (C=O) groups is 2. The maximum atomic E-state index is 13.7. The molecule has 3 aliphatic rings. The Morgan fingerprint density at radius 2 is 1.61 bits per heavy atom. The third-order valence-electron chi connectivity index (χ3n) is 10.1. The molecule has 1 spiro atoms. The second-order valence-corrected chi connectivity index (χ2v) is 17.6. The number of aliphatic hydroxyl groups is 1. The van der Waals surface area contributed by atoms with E-state index in [-0.39, 0.29) is 55.0 Å². The zero-order valence-electron chi connectivity index (χ0n) is 29.8. The highest BCUT2D eigenvalue weighted by atomic mass is 32.2. The van der Waals surface area contributed by atoms with Gasteiger partial charge in [0, 0.05) is 37.6 Å². The topological polar surface area (TPSA) is 181 Å². The molecule has 2 saturated carbocycles. The molecule has 4 rings (SSSR count). The molecule has 1 saturated heterocycles. The van der Waals surface area contributed by atoms with Crippen LogP contribution in [0.25, 0.3) is 0 Å². The standard InChI is InChI=1S/C34H52N2O12S/c1-22-18-23-20-27(47-30(39)32(5,6)7)34(16-14-28(37)48-34)33(23,26(19-22)46-29(38)31(2,3)4)15-9-17-35(45-21-44-8)49(42,43)25-12-10-24(11-13-25)36(40)41/h10-13,22-23,26-28,37H,9,14-21H2,1-8H3/t22?,23?,26?,27-,28?,33?,34+/m1/s1. The van der Waals surface area contributed by atoms with Crippen molar-refractivity contribution in [3.63, 3.8) is 0 Å². The van der Waals surface area contributed by atoms with Gasteiger partial charge in [-0.3, -0.25) is 24.5 Å². The Labute approximate surface area is 288 Å². The third kappa shape index (κ3) is 7.81. The number of non-ortho nitro benzene ring substituents is 1. The van der Waals surface area contributed by atoms with Crippen molar-refractivity contribution in [2.75, 3.05) is 20.4 Å². The highest BCUT2D eigenvalue weighted by Gasteiger charge is 2.73. The van der Waals surface area contributed by atoms with Crippen LogP contribution in [0.15, 0.2) is 29.2 Å². The molecule has 0 radical (unpaired) electrons. The van der Waals surface area contributed by atoms with Gasteiger partial charge in [0.15, 0.2) is 13.1 Å². The molecule has 49 heavy (non-hydrogen) atoms. The van der Waals surface area contributed by atoms with E-state index in [1.54, 1.807) is 41.5 Å². The van der Waals surface area contributed by atoms with Gasteiger partial charge in [0.25, 0.3) is 15.7 Å². The number of benzene rings is 1. The number of sulfonamides is 1. The molecule has 276 valence electrons. The molecule has 5 unspecified atom stereocenters. The Kier molecular flexibility index (Phi) is 11.6. The second kappa shape index (κ2) is 14.5. The van der Waals surface area contributed by atoms with Crippen molar-refractivity contribution < 1.29 is 51.8 Å². The van der Waals surface area contributed by atoms with Gasteiger partial charge in [-0.1, -0.05) is 11.4 Å². The maximum absolute atomic E-state index is 13.7.